The van der Waals surface area contributed by atoms with E-state index in [1.807, 2.05) is 18.2 Å². The Kier molecular flexibility index (Phi) is 3.86. The fraction of sp³-hybridized carbons (Fsp3) is 0.278. The highest BCUT2D eigenvalue weighted by Gasteiger charge is 2.23. The van der Waals surface area contributed by atoms with Crippen LogP contribution in [-0.2, 0) is 19.6 Å². The maximum Gasteiger partial charge on any atom is 0.138 e. The molecule has 0 saturated heterocycles. The predicted molar refractivity (Wildman–Crippen MR) is 85.9 cm³/mol. The maximum absolute atomic E-state index is 6.16. The molecule has 0 aromatic carbocycles. The normalized spacial score (nSPS) is 18.3. The van der Waals surface area contributed by atoms with Gasteiger partial charge >= 0.3 is 0 Å². The third-order valence-corrected chi connectivity index (χ3v) is 4.09. The van der Waals surface area contributed by atoms with Gasteiger partial charge in [0, 0.05) is 43.3 Å². The topological polar surface area (TPSA) is 43.4 Å². The Morgan fingerprint density at radius 1 is 1.22 bits per heavy atom. The van der Waals surface area contributed by atoms with E-state index in [2.05, 4.69) is 32.8 Å². The molecule has 1 atom stereocenters. The first kappa shape index (κ1) is 14.1. The molecule has 4 rings (SSSR count). The van der Waals surface area contributed by atoms with Crippen LogP contribution < -0.4 is 4.74 Å². The predicted octanol–water partition coefficient (Wildman–Crippen LogP) is 2.94. The van der Waals surface area contributed by atoms with Crippen LogP contribution in [0.4, 0.5) is 0 Å². The largest absolute Gasteiger partial charge is 0.486 e. The lowest BCUT2D eigenvalue weighted by Crippen LogP contribution is -2.34. The standard InChI is InChI=1S/C18H19N3O2/c1-4-17(9-19-6-1)23-18-12-20(10-15-5-8-22-14-15)11-16-3-2-7-21(16)13-18/h1-9,14,18H,10-13H2. The lowest BCUT2D eigenvalue weighted by molar-refractivity contribution is 0.123. The summed E-state index contributed by atoms with van der Waals surface area (Å²) in [6, 6.07) is 10.1. The molecule has 3 aromatic heterocycles. The highest BCUT2D eigenvalue weighted by Crippen LogP contribution is 2.19. The van der Waals surface area contributed by atoms with E-state index in [0.717, 1.165) is 31.9 Å². The van der Waals surface area contributed by atoms with E-state index < -0.39 is 0 Å². The van der Waals surface area contributed by atoms with Gasteiger partial charge in [0.15, 0.2) is 0 Å². The van der Waals surface area contributed by atoms with Gasteiger partial charge in [-0.1, -0.05) is 0 Å². The smallest absolute Gasteiger partial charge is 0.138 e. The van der Waals surface area contributed by atoms with Crippen molar-refractivity contribution in [2.45, 2.75) is 25.7 Å². The van der Waals surface area contributed by atoms with E-state index in [1.165, 1.54) is 11.3 Å². The van der Waals surface area contributed by atoms with Crippen LogP contribution in [0.2, 0.25) is 0 Å². The van der Waals surface area contributed by atoms with E-state index in [-0.39, 0.29) is 6.10 Å². The molecule has 0 saturated carbocycles. The van der Waals surface area contributed by atoms with Crippen molar-refractivity contribution in [3.8, 4) is 5.75 Å². The Labute approximate surface area is 135 Å². The Bertz CT molecular complexity index is 737. The van der Waals surface area contributed by atoms with Crippen molar-refractivity contribution in [3.05, 3.63) is 72.7 Å². The minimum absolute atomic E-state index is 0.0831. The van der Waals surface area contributed by atoms with Gasteiger partial charge in [0.1, 0.15) is 11.9 Å². The Balaban J connectivity index is 1.54. The van der Waals surface area contributed by atoms with Crippen molar-refractivity contribution in [3.63, 3.8) is 0 Å². The van der Waals surface area contributed by atoms with Gasteiger partial charge in [-0.15, -0.1) is 0 Å². The summed E-state index contributed by atoms with van der Waals surface area (Å²) in [5.41, 5.74) is 2.50. The molecule has 0 spiro atoms. The van der Waals surface area contributed by atoms with E-state index in [0.29, 0.717) is 0 Å². The summed E-state index contributed by atoms with van der Waals surface area (Å²) >= 11 is 0. The molecular weight excluding hydrogens is 290 g/mol. The molecule has 1 unspecified atom stereocenters. The zero-order valence-corrected chi connectivity index (χ0v) is 12.8. The molecule has 23 heavy (non-hydrogen) atoms. The fourth-order valence-electron chi connectivity index (χ4n) is 3.07. The molecule has 0 radical (unpaired) electrons. The van der Waals surface area contributed by atoms with Crippen molar-refractivity contribution < 1.29 is 9.15 Å². The van der Waals surface area contributed by atoms with Crippen molar-refractivity contribution >= 4 is 0 Å². The van der Waals surface area contributed by atoms with Crippen molar-refractivity contribution in [1.82, 2.24) is 14.5 Å². The maximum atomic E-state index is 6.16. The number of aromatic nitrogens is 2. The first-order valence-electron chi connectivity index (χ1n) is 7.81. The monoisotopic (exact) mass is 309 g/mol. The van der Waals surface area contributed by atoms with Crippen LogP contribution in [-0.4, -0.2) is 27.1 Å². The van der Waals surface area contributed by atoms with E-state index >= 15 is 0 Å². The van der Waals surface area contributed by atoms with E-state index in [1.54, 1.807) is 24.9 Å². The average molecular weight is 309 g/mol. The summed E-state index contributed by atoms with van der Waals surface area (Å²) in [6.45, 7) is 3.47. The Morgan fingerprint density at radius 3 is 3.04 bits per heavy atom. The third-order valence-electron chi connectivity index (χ3n) is 4.09. The van der Waals surface area contributed by atoms with Crippen LogP contribution >= 0.6 is 0 Å². The summed E-state index contributed by atoms with van der Waals surface area (Å²) in [6.07, 6.45) is 9.26. The highest BCUT2D eigenvalue weighted by molar-refractivity contribution is 5.17. The Hall–Kier alpha value is -2.53. The van der Waals surface area contributed by atoms with Crippen LogP contribution in [0.25, 0.3) is 0 Å². The molecule has 0 aliphatic carbocycles. The number of hydrogen-bond acceptors (Lipinski definition) is 4. The fourth-order valence-corrected chi connectivity index (χ4v) is 3.07. The molecule has 0 N–H and O–H groups in total. The number of hydrogen-bond donors (Lipinski definition) is 0. The van der Waals surface area contributed by atoms with Crippen LogP contribution in [0, 0.1) is 0 Å². The Morgan fingerprint density at radius 2 is 2.22 bits per heavy atom. The van der Waals surface area contributed by atoms with Gasteiger partial charge in [-0.2, -0.15) is 0 Å². The van der Waals surface area contributed by atoms with Crippen molar-refractivity contribution in [1.29, 1.82) is 0 Å². The molecule has 0 fully saturated rings. The first-order chi connectivity index (χ1) is 11.4. The molecule has 5 heteroatoms. The molecule has 118 valence electrons. The van der Waals surface area contributed by atoms with E-state index in [4.69, 9.17) is 9.15 Å². The molecular formula is C18H19N3O2. The average Bonchev–Trinajstić information content (AvgIpc) is 3.18. The van der Waals surface area contributed by atoms with Gasteiger partial charge in [-0.05, 0) is 30.3 Å². The van der Waals surface area contributed by atoms with Crippen LogP contribution in [0.3, 0.4) is 0 Å². The molecule has 1 aliphatic rings. The van der Waals surface area contributed by atoms with Gasteiger partial charge in [0.25, 0.3) is 0 Å². The van der Waals surface area contributed by atoms with Crippen molar-refractivity contribution in [2.24, 2.45) is 0 Å². The van der Waals surface area contributed by atoms with Gasteiger partial charge in [-0.25, -0.2) is 0 Å². The second-order valence-corrected chi connectivity index (χ2v) is 5.88. The zero-order chi connectivity index (χ0) is 15.5. The SMILES string of the molecule is c1cncc(OC2CN(Cc3ccoc3)Cc3cccn3C2)c1. The quantitative estimate of drug-likeness (QED) is 0.743. The number of rotatable bonds is 4. The molecule has 4 heterocycles. The number of ether oxygens (including phenoxy) is 1. The number of pyridine rings is 1. The van der Waals surface area contributed by atoms with E-state index in [9.17, 15) is 0 Å². The number of fused-ring (bicyclic) bond motifs is 1. The molecule has 0 bridgehead atoms. The molecule has 0 amide bonds. The minimum atomic E-state index is 0.0831. The van der Waals surface area contributed by atoms with Gasteiger partial charge < -0.3 is 13.7 Å². The second kappa shape index (κ2) is 6.30. The lowest BCUT2D eigenvalue weighted by Gasteiger charge is -2.24. The molecule has 5 nitrogen and oxygen atoms in total. The summed E-state index contributed by atoms with van der Waals surface area (Å²) < 4.78 is 13.6. The summed E-state index contributed by atoms with van der Waals surface area (Å²) in [7, 11) is 0. The molecule has 3 aromatic rings. The number of furan rings is 1. The third kappa shape index (κ3) is 3.29. The number of nitrogens with zero attached hydrogens (tertiary/aromatic N) is 3. The van der Waals surface area contributed by atoms with Gasteiger partial charge in [-0.3, -0.25) is 9.88 Å². The second-order valence-electron chi connectivity index (χ2n) is 5.88. The summed E-state index contributed by atoms with van der Waals surface area (Å²) in [5.74, 6) is 0.816. The first-order valence-corrected chi connectivity index (χ1v) is 7.81. The summed E-state index contributed by atoms with van der Waals surface area (Å²) in [5, 5.41) is 0. The van der Waals surface area contributed by atoms with Crippen LogP contribution in [0.15, 0.2) is 65.9 Å². The minimum Gasteiger partial charge on any atom is -0.486 e. The van der Waals surface area contributed by atoms with Crippen molar-refractivity contribution in [2.75, 3.05) is 6.54 Å². The van der Waals surface area contributed by atoms with Gasteiger partial charge in [0.2, 0.25) is 0 Å². The zero-order valence-electron chi connectivity index (χ0n) is 12.8. The van der Waals surface area contributed by atoms with Gasteiger partial charge in [0.05, 0.1) is 25.3 Å². The van der Waals surface area contributed by atoms with Crippen LogP contribution in [0.1, 0.15) is 11.3 Å². The summed E-state index contributed by atoms with van der Waals surface area (Å²) in [4.78, 5) is 6.52. The lowest BCUT2D eigenvalue weighted by atomic mass is 10.2. The highest BCUT2D eigenvalue weighted by atomic mass is 16.5. The van der Waals surface area contributed by atoms with Crippen LogP contribution in [0.5, 0.6) is 5.75 Å². The molecule has 1 aliphatic heterocycles.